The third-order valence-electron chi connectivity index (χ3n) is 3.09. The SMILES string of the molecule is O=C(COC(=O)c1ccc(CO)cc1)NCc1cccc(Cl)c1. The van der Waals surface area contributed by atoms with Crippen LogP contribution in [0.2, 0.25) is 5.02 Å². The molecule has 0 fully saturated rings. The van der Waals surface area contributed by atoms with Gasteiger partial charge in [-0.25, -0.2) is 4.79 Å². The molecule has 0 saturated carbocycles. The molecule has 2 rings (SSSR count). The van der Waals surface area contributed by atoms with Crippen LogP contribution >= 0.6 is 11.6 Å². The van der Waals surface area contributed by atoms with Gasteiger partial charge in [-0.15, -0.1) is 0 Å². The van der Waals surface area contributed by atoms with Crippen LogP contribution in [-0.2, 0) is 22.7 Å². The minimum atomic E-state index is -0.590. The fourth-order valence-electron chi connectivity index (χ4n) is 1.86. The smallest absolute Gasteiger partial charge is 0.338 e. The van der Waals surface area contributed by atoms with Gasteiger partial charge in [0, 0.05) is 11.6 Å². The highest BCUT2D eigenvalue weighted by atomic mass is 35.5. The first-order valence-corrected chi connectivity index (χ1v) is 7.34. The predicted octanol–water partition coefficient (Wildman–Crippen LogP) is 2.31. The van der Waals surface area contributed by atoms with E-state index in [4.69, 9.17) is 21.4 Å². The van der Waals surface area contributed by atoms with E-state index in [9.17, 15) is 9.59 Å². The molecule has 0 heterocycles. The molecule has 2 N–H and O–H groups in total. The highest BCUT2D eigenvalue weighted by molar-refractivity contribution is 6.30. The van der Waals surface area contributed by atoms with Gasteiger partial charge >= 0.3 is 5.97 Å². The van der Waals surface area contributed by atoms with E-state index in [-0.39, 0.29) is 13.2 Å². The number of ether oxygens (including phenoxy) is 1. The summed E-state index contributed by atoms with van der Waals surface area (Å²) in [4.78, 5) is 23.5. The zero-order valence-corrected chi connectivity index (χ0v) is 13.0. The molecule has 2 aromatic rings. The molecule has 0 aliphatic heterocycles. The van der Waals surface area contributed by atoms with Crippen molar-refractivity contribution in [3.05, 3.63) is 70.2 Å². The molecular formula is C17H16ClNO4. The van der Waals surface area contributed by atoms with Crippen molar-refractivity contribution < 1.29 is 19.4 Å². The van der Waals surface area contributed by atoms with Crippen LogP contribution in [0.5, 0.6) is 0 Å². The number of aliphatic hydroxyl groups excluding tert-OH is 1. The molecule has 1 amide bonds. The number of nitrogens with one attached hydrogen (secondary N) is 1. The number of hydrogen-bond acceptors (Lipinski definition) is 4. The Hall–Kier alpha value is -2.37. The number of aliphatic hydroxyl groups is 1. The normalized spacial score (nSPS) is 10.2. The van der Waals surface area contributed by atoms with Gasteiger partial charge in [0.25, 0.3) is 5.91 Å². The van der Waals surface area contributed by atoms with Gasteiger partial charge in [-0.2, -0.15) is 0 Å². The van der Waals surface area contributed by atoms with Gasteiger partial charge in [0.2, 0.25) is 0 Å². The zero-order valence-electron chi connectivity index (χ0n) is 12.3. The van der Waals surface area contributed by atoms with Crippen molar-refractivity contribution in [2.24, 2.45) is 0 Å². The topological polar surface area (TPSA) is 75.6 Å². The lowest BCUT2D eigenvalue weighted by Gasteiger charge is -2.07. The Bertz CT molecular complexity index is 685. The van der Waals surface area contributed by atoms with Gasteiger partial charge in [-0.3, -0.25) is 4.79 Å². The lowest BCUT2D eigenvalue weighted by molar-refractivity contribution is -0.124. The zero-order chi connectivity index (χ0) is 16.7. The van der Waals surface area contributed by atoms with Gasteiger partial charge < -0.3 is 15.2 Å². The number of hydrogen-bond donors (Lipinski definition) is 2. The Morgan fingerprint density at radius 2 is 1.83 bits per heavy atom. The van der Waals surface area contributed by atoms with Gasteiger partial charge in [-0.05, 0) is 35.4 Å². The Balaban J connectivity index is 1.78. The lowest BCUT2D eigenvalue weighted by Crippen LogP contribution is -2.28. The van der Waals surface area contributed by atoms with Crippen molar-refractivity contribution in [3.8, 4) is 0 Å². The van der Waals surface area contributed by atoms with Crippen LogP contribution in [0.1, 0.15) is 21.5 Å². The minimum absolute atomic E-state index is 0.0960. The standard InChI is InChI=1S/C17H16ClNO4/c18-15-3-1-2-13(8-15)9-19-16(21)11-23-17(22)14-6-4-12(10-20)5-7-14/h1-8,20H,9-11H2,(H,19,21). The van der Waals surface area contributed by atoms with Crippen LogP contribution < -0.4 is 5.32 Å². The second-order valence-corrected chi connectivity index (χ2v) is 5.27. The molecule has 23 heavy (non-hydrogen) atoms. The maximum absolute atomic E-state index is 11.8. The van der Waals surface area contributed by atoms with Crippen molar-refractivity contribution >= 4 is 23.5 Å². The first kappa shape index (κ1) is 17.0. The summed E-state index contributed by atoms with van der Waals surface area (Å²) < 4.78 is 4.94. The van der Waals surface area contributed by atoms with E-state index in [1.807, 2.05) is 6.07 Å². The van der Waals surface area contributed by atoms with Crippen LogP contribution in [0.3, 0.4) is 0 Å². The molecule has 0 spiro atoms. The van der Waals surface area contributed by atoms with Crippen LogP contribution in [-0.4, -0.2) is 23.6 Å². The molecule has 0 aliphatic carbocycles. The lowest BCUT2D eigenvalue weighted by atomic mass is 10.1. The van der Waals surface area contributed by atoms with E-state index in [0.29, 0.717) is 22.7 Å². The molecule has 0 radical (unpaired) electrons. The van der Waals surface area contributed by atoms with E-state index in [2.05, 4.69) is 5.32 Å². The number of carbonyl (C=O) groups excluding carboxylic acids is 2. The molecule has 0 atom stereocenters. The highest BCUT2D eigenvalue weighted by Crippen LogP contribution is 2.10. The maximum Gasteiger partial charge on any atom is 0.338 e. The van der Waals surface area contributed by atoms with E-state index < -0.39 is 11.9 Å². The Morgan fingerprint density at radius 3 is 2.48 bits per heavy atom. The monoisotopic (exact) mass is 333 g/mol. The molecule has 5 nitrogen and oxygen atoms in total. The third-order valence-corrected chi connectivity index (χ3v) is 3.32. The van der Waals surface area contributed by atoms with Crippen molar-refractivity contribution in [1.82, 2.24) is 5.32 Å². The Morgan fingerprint density at radius 1 is 1.09 bits per heavy atom. The fraction of sp³-hybridized carbons (Fsp3) is 0.176. The summed E-state index contributed by atoms with van der Waals surface area (Å²) in [5, 5.41) is 12.2. The Kier molecular flexibility index (Phi) is 6.14. The van der Waals surface area contributed by atoms with Crippen molar-refractivity contribution in [1.29, 1.82) is 0 Å². The maximum atomic E-state index is 11.8. The van der Waals surface area contributed by atoms with Crippen LogP contribution in [0.25, 0.3) is 0 Å². The predicted molar refractivity (Wildman–Crippen MR) is 85.9 cm³/mol. The van der Waals surface area contributed by atoms with Crippen molar-refractivity contribution in [2.75, 3.05) is 6.61 Å². The molecule has 0 unspecified atom stereocenters. The summed E-state index contributed by atoms with van der Waals surface area (Å²) >= 11 is 5.85. The summed E-state index contributed by atoms with van der Waals surface area (Å²) in [7, 11) is 0. The van der Waals surface area contributed by atoms with E-state index in [1.165, 1.54) is 12.1 Å². The third kappa shape index (κ3) is 5.39. The van der Waals surface area contributed by atoms with Crippen LogP contribution in [0.15, 0.2) is 48.5 Å². The van der Waals surface area contributed by atoms with Crippen molar-refractivity contribution in [3.63, 3.8) is 0 Å². The molecule has 0 aromatic heterocycles. The number of rotatable bonds is 6. The summed E-state index contributed by atoms with van der Waals surface area (Å²) in [6, 6.07) is 13.4. The van der Waals surface area contributed by atoms with E-state index in [0.717, 1.165) is 5.56 Å². The van der Waals surface area contributed by atoms with Gasteiger partial charge in [-0.1, -0.05) is 35.9 Å². The largest absolute Gasteiger partial charge is 0.452 e. The second-order valence-electron chi connectivity index (χ2n) is 4.84. The number of benzene rings is 2. The molecular weight excluding hydrogens is 318 g/mol. The van der Waals surface area contributed by atoms with Gasteiger partial charge in [0.15, 0.2) is 6.61 Å². The second kappa shape index (κ2) is 8.31. The summed E-state index contributed by atoms with van der Waals surface area (Å²) in [5.41, 5.74) is 1.88. The number of amides is 1. The average Bonchev–Trinajstić information content (AvgIpc) is 2.58. The highest BCUT2D eigenvalue weighted by Gasteiger charge is 2.10. The van der Waals surface area contributed by atoms with Gasteiger partial charge in [0.05, 0.1) is 12.2 Å². The average molecular weight is 334 g/mol. The fourth-order valence-corrected chi connectivity index (χ4v) is 2.07. The first-order chi connectivity index (χ1) is 11.1. The van der Waals surface area contributed by atoms with Crippen LogP contribution in [0, 0.1) is 0 Å². The quantitative estimate of drug-likeness (QED) is 0.795. The Labute approximate surface area is 138 Å². The molecule has 0 bridgehead atoms. The van der Waals surface area contributed by atoms with Gasteiger partial charge in [0.1, 0.15) is 0 Å². The molecule has 2 aromatic carbocycles. The van der Waals surface area contributed by atoms with Crippen LogP contribution in [0.4, 0.5) is 0 Å². The summed E-state index contributed by atoms with van der Waals surface area (Å²) in [6.45, 7) is -0.148. The number of halogens is 1. The van der Waals surface area contributed by atoms with E-state index in [1.54, 1.807) is 30.3 Å². The summed E-state index contributed by atoms with van der Waals surface area (Å²) in [5.74, 6) is -0.988. The molecule has 0 aliphatic rings. The number of esters is 1. The number of carbonyl (C=O) groups is 2. The molecule has 120 valence electrons. The van der Waals surface area contributed by atoms with E-state index >= 15 is 0 Å². The summed E-state index contributed by atoms with van der Waals surface area (Å²) in [6.07, 6.45) is 0. The minimum Gasteiger partial charge on any atom is -0.452 e. The molecule has 0 saturated heterocycles. The molecule has 6 heteroatoms. The first-order valence-electron chi connectivity index (χ1n) is 6.96. The van der Waals surface area contributed by atoms with Crippen molar-refractivity contribution in [2.45, 2.75) is 13.2 Å².